The molecule has 11 nitrogen and oxygen atoms in total. The van der Waals surface area contributed by atoms with Crippen LogP contribution in [0.15, 0.2) is 47.5 Å². The van der Waals surface area contributed by atoms with E-state index in [1.165, 1.54) is 10.5 Å². The number of hydrogen-bond acceptors (Lipinski definition) is 8. The molecule has 4 aromatic heterocycles. The molecule has 44 heavy (non-hydrogen) atoms. The molecule has 0 spiro atoms. The Labute approximate surface area is 250 Å². The number of nitrogens with zero attached hydrogens (tertiary/aromatic N) is 4. The van der Waals surface area contributed by atoms with Gasteiger partial charge in [0, 0.05) is 67.8 Å². The summed E-state index contributed by atoms with van der Waals surface area (Å²) in [7, 11) is -0.198. The normalized spacial score (nSPS) is 18.9. The molecule has 1 amide bonds. The first-order chi connectivity index (χ1) is 20.9. The number of hydrogen-bond donors (Lipinski definition) is 3. The lowest BCUT2D eigenvalue weighted by Gasteiger charge is -2.29. The Kier molecular flexibility index (Phi) is 6.41. The average molecular weight is 622 g/mol. The van der Waals surface area contributed by atoms with E-state index in [-0.39, 0.29) is 17.0 Å². The topological polar surface area (TPSA) is 132 Å². The predicted octanol–water partition coefficient (Wildman–Crippen LogP) is 3.15. The second-order valence-electron chi connectivity index (χ2n) is 11.6. The molecule has 2 fully saturated rings. The summed E-state index contributed by atoms with van der Waals surface area (Å²) in [5.74, 6) is -2.62. The summed E-state index contributed by atoms with van der Waals surface area (Å²) in [4.78, 5) is 38.4. The number of sulfonamides is 1. The van der Waals surface area contributed by atoms with Crippen LogP contribution in [-0.4, -0.2) is 79.6 Å². The number of benzene rings is 1. The maximum absolute atomic E-state index is 15.7. The van der Waals surface area contributed by atoms with Gasteiger partial charge in [-0.25, -0.2) is 26.9 Å². The Balaban J connectivity index is 1.50. The first-order valence-electron chi connectivity index (χ1n) is 14.1. The third kappa shape index (κ3) is 4.39. The molecule has 0 radical (unpaired) electrons. The Morgan fingerprint density at radius 1 is 1.14 bits per heavy atom. The fraction of sp³-hybridized carbons (Fsp3) is 0.300. The van der Waals surface area contributed by atoms with Crippen LogP contribution in [0.25, 0.3) is 38.6 Å². The zero-order valence-corrected chi connectivity index (χ0v) is 24.9. The van der Waals surface area contributed by atoms with Crippen molar-refractivity contribution in [2.75, 3.05) is 50.2 Å². The van der Waals surface area contributed by atoms with E-state index in [9.17, 15) is 22.4 Å². The lowest BCUT2D eigenvalue weighted by atomic mass is 10.00. The molecule has 0 aliphatic carbocycles. The van der Waals surface area contributed by atoms with Crippen molar-refractivity contribution >= 4 is 54.8 Å². The highest BCUT2D eigenvalue weighted by Gasteiger charge is 2.42. The van der Waals surface area contributed by atoms with Crippen LogP contribution in [-0.2, 0) is 10.0 Å². The van der Waals surface area contributed by atoms with E-state index in [0.29, 0.717) is 57.0 Å². The van der Waals surface area contributed by atoms with Crippen molar-refractivity contribution in [1.82, 2.24) is 24.0 Å². The van der Waals surface area contributed by atoms with E-state index >= 15 is 4.39 Å². The molecule has 2 atom stereocenters. The summed E-state index contributed by atoms with van der Waals surface area (Å²) < 4.78 is 57.0. The van der Waals surface area contributed by atoms with E-state index < -0.39 is 33.1 Å². The summed E-state index contributed by atoms with van der Waals surface area (Å²) in [5.41, 5.74) is 2.43. The monoisotopic (exact) mass is 621 g/mol. The molecule has 1 aromatic carbocycles. The summed E-state index contributed by atoms with van der Waals surface area (Å²) >= 11 is 0. The molecule has 14 heteroatoms. The van der Waals surface area contributed by atoms with Gasteiger partial charge in [-0.3, -0.25) is 14.0 Å². The quantitative estimate of drug-likeness (QED) is 0.273. The van der Waals surface area contributed by atoms with E-state index in [4.69, 9.17) is 0 Å². The standard InChI is InChI=1S/C30H29F2N7O4S/c1-33-21-10-20(31)25(32)23-24-27(38-9-8-16-12-37(2)14-22(16)38)19(11-34-28(24)35-26(21)23)15-4-5-17-6-7-18(30(41)39(17)13-15)29(40)36-44(3,42)43/h4-7,10-11,13,16,22,33H,8-9,12,14H2,1-3H3,(H,34,35)(H,36,40)/t16-,22+/m0/s1. The lowest BCUT2D eigenvalue weighted by molar-refractivity contribution is 0.0980. The van der Waals surface area contributed by atoms with Gasteiger partial charge in [-0.1, -0.05) is 6.07 Å². The highest BCUT2D eigenvalue weighted by Crippen LogP contribution is 2.46. The molecule has 0 saturated carbocycles. The SMILES string of the molecule is CNc1cc(F)c(F)c2c1[nH]c1ncc(-c3ccc4ccc(C(=O)NS(C)(=O)=O)c(=O)n4c3)c(N3CC[C@H]4CN(C)C[C@H]43)c12. The maximum Gasteiger partial charge on any atom is 0.270 e. The number of rotatable bonds is 5. The largest absolute Gasteiger partial charge is 0.386 e. The minimum atomic E-state index is -3.89. The van der Waals surface area contributed by atoms with Crippen molar-refractivity contribution in [1.29, 1.82) is 0 Å². The van der Waals surface area contributed by atoms with Gasteiger partial charge in [0.2, 0.25) is 10.0 Å². The number of anilines is 2. The molecule has 2 aliphatic heterocycles. The van der Waals surface area contributed by atoms with Crippen molar-refractivity contribution in [3.8, 4) is 11.1 Å². The predicted molar refractivity (Wildman–Crippen MR) is 165 cm³/mol. The number of halogens is 2. The Morgan fingerprint density at radius 3 is 2.66 bits per heavy atom. The van der Waals surface area contributed by atoms with Crippen molar-refractivity contribution in [2.45, 2.75) is 12.5 Å². The van der Waals surface area contributed by atoms with Crippen LogP contribution in [0.4, 0.5) is 20.2 Å². The number of aromatic amines is 1. The molecule has 2 aliphatic rings. The number of likely N-dealkylation sites (N-methyl/N-ethyl adjacent to an activating group) is 1. The van der Waals surface area contributed by atoms with Gasteiger partial charge in [-0.15, -0.1) is 0 Å². The molecule has 6 heterocycles. The van der Waals surface area contributed by atoms with Crippen LogP contribution in [0.3, 0.4) is 0 Å². The van der Waals surface area contributed by atoms with Crippen LogP contribution < -0.4 is 20.5 Å². The second-order valence-corrected chi connectivity index (χ2v) is 13.3. The Bertz CT molecular complexity index is 2200. The zero-order valence-electron chi connectivity index (χ0n) is 24.1. The van der Waals surface area contributed by atoms with E-state index in [1.807, 2.05) is 4.72 Å². The van der Waals surface area contributed by atoms with Crippen LogP contribution in [0.1, 0.15) is 16.8 Å². The van der Waals surface area contributed by atoms with Crippen molar-refractivity contribution in [3.63, 3.8) is 0 Å². The number of amides is 1. The molecule has 228 valence electrons. The van der Waals surface area contributed by atoms with Crippen molar-refractivity contribution in [2.24, 2.45) is 5.92 Å². The molecule has 0 bridgehead atoms. The number of likely N-dealkylation sites (tertiary alicyclic amines) is 1. The van der Waals surface area contributed by atoms with Gasteiger partial charge in [0.25, 0.3) is 11.5 Å². The van der Waals surface area contributed by atoms with Gasteiger partial charge in [0.15, 0.2) is 11.6 Å². The van der Waals surface area contributed by atoms with Crippen LogP contribution in [0, 0.1) is 17.6 Å². The van der Waals surface area contributed by atoms with Crippen LogP contribution >= 0.6 is 0 Å². The summed E-state index contributed by atoms with van der Waals surface area (Å²) in [6.45, 7) is 2.42. The first kappa shape index (κ1) is 28.2. The molecule has 3 N–H and O–H groups in total. The van der Waals surface area contributed by atoms with Gasteiger partial charge in [0.1, 0.15) is 11.2 Å². The number of carbonyl (C=O) groups is 1. The number of H-pyrrole nitrogens is 1. The van der Waals surface area contributed by atoms with Gasteiger partial charge < -0.3 is 20.1 Å². The van der Waals surface area contributed by atoms with Gasteiger partial charge in [-0.2, -0.15) is 0 Å². The molecule has 2 saturated heterocycles. The number of carbonyl (C=O) groups excluding carboxylic acids is 1. The van der Waals surface area contributed by atoms with Gasteiger partial charge in [0.05, 0.1) is 33.9 Å². The fourth-order valence-electron chi connectivity index (χ4n) is 6.85. The molecular weight excluding hydrogens is 592 g/mol. The number of fused-ring (bicyclic) bond motifs is 5. The third-order valence-corrected chi connectivity index (χ3v) is 9.29. The average Bonchev–Trinajstić information content (AvgIpc) is 3.66. The Morgan fingerprint density at radius 2 is 1.91 bits per heavy atom. The smallest absolute Gasteiger partial charge is 0.270 e. The first-order valence-corrected chi connectivity index (χ1v) is 16.0. The van der Waals surface area contributed by atoms with Gasteiger partial charge >= 0.3 is 0 Å². The number of pyridine rings is 3. The minimum absolute atomic E-state index is 0.0844. The van der Waals surface area contributed by atoms with E-state index in [2.05, 4.69) is 32.1 Å². The minimum Gasteiger partial charge on any atom is -0.386 e. The lowest BCUT2D eigenvalue weighted by Crippen LogP contribution is -2.35. The second kappa shape index (κ2) is 9.99. The van der Waals surface area contributed by atoms with Crippen LogP contribution in [0.5, 0.6) is 0 Å². The maximum atomic E-state index is 15.7. The number of aromatic nitrogens is 3. The van der Waals surface area contributed by atoms with E-state index in [0.717, 1.165) is 31.8 Å². The number of nitrogens with one attached hydrogen (secondary N) is 3. The highest BCUT2D eigenvalue weighted by atomic mass is 32.2. The fourth-order valence-corrected chi connectivity index (χ4v) is 7.29. The zero-order chi connectivity index (χ0) is 31.1. The van der Waals surface area contributed by atoms with Crippen molar-refractivity contribution in [3.05, 3.63) is 70.3 Å². The molecule has 5 aromatic rings. The molecule has 0 unspecified atom stereocenters. The van der Waals surface area contributed by atoms with Gasteiger partial charge in [-0.05, 0) is 37.6 Å². The Hall–Kier alpha value is -4.56. The summed E-state index contributed by atoms with van der Waals surface area (Å²) in [5, 5.41) is 3.46. The third-order valence-electron chi connectivity index (χ3n) is 8.73. The summed E-state index contributed by atoms with van der Waals surface area (Å²) in [6, 6.07) is 7.56. The highest BCUT2D eigenvalue weighted by molar-refractivity contribution is 7.89. The molecular formula is C30H29F2N7O4S. The van der Waals surface area contributed by atoms with Crippen molar-refractivity contribution < 1.29 is 22.0 Å². The van der Waals surface area contributed by atoms with E-state index in [1.54, 1.807) is 37.6 Å². The molecule has 7 rings (SSSR count). The summed E-state index contributed by atoms with van der Waals surface area (Å²) in [6.07, 6.45) is 4.96. The van der Waals surface area contributed by atoms with Crippen LogP contribution in [0.2, 0.25) is 0 Å².